The van der Waals surface area contributed by atoms with Crippen molar-refractivity contribution >= 4 is 11.0 Å². The second-order valence-electron chi connectivity index (χ2n) is 3.41. The first-order chi connectivity index (χ1) is 7.22. The Morgan fingerprint density at radius 1 is 1.27 bits per heavy atom. The van der Waals surface area contributed by atoms with Crippen LogP contribution in [0.25, 0.3) is 11.0 Å². The molecule has 0 aromatic carbocycles. The summed E-state index contributed by atoms with van der Waals surface area (Å²) < 4.78 is 2.17. The van der Waals surface area contributed by atoms with E-state index in [0.29, 0.717) is 0 Å². The first kappa shape index (κ1) is 11.8. The summed E-state index contributed by atoms with van der Waals surface area (Å²) in [5.74, 6) is 0. The Balaban J connectivity index is 0.000000531. The minimum Gasteiger partial charge on any atom is -0.347 e. The molecular weight excluding hydrogens is 184 g/mol. The molecule has 2 aromatic rings. The molecule has 0 radical (unpaired) electrons. The predicted octanol–water partition coefficient (Wildman–Crippen LogP) is 3.47. The van der Waals surface area contributed by atoms with Crippen molar-refractivity contribution in [2.75, 3.05) is 0 Å². The van der Waals surface area contributed by atoms with Crippen LogP contribution < -0.4 is 0 Å². The zero-order chi connectivity index (χ0) is 11.4. The first-order valence-electron chi connectivity index (χ1n) is 5.64. The van der Waals surface area contributed by atoms with Crippen molar-refractivity contribution in [2.45, 2.75) is 34.1 Å². The molecule has 2 nitrogen and oxygen atoms in total. The molecule has 2 heteroatoms. The minimum absolute atomic E-state index is 1.00. The van der Waals surface area contributed by atoms with Crippen LogP contribution in [0.2, 0.25) is 0 Å². The van der Waals surface area contributed by atoms with Crippen LogP contribution in [0.5, 0.6) is 0 Å². The number of aromatic nitrogens is 2. The van der Waals surface area contributed by atoms with Crippen LogP contribution in [0.15, 0.2) is 18.2 Å². The summed E-state index contributed by atoms with van der Waals surface area (Å²) >= 11 is 0. The Kier molecular flexibility index (Phi) is 3.89. The van der Waals surface area contributed by atoms with Gasteiger partial charge in [-0.1, -0.05) is 20.8 Å². The van der Waals surface area contributed by atoms with Crippen molar-refractivity contribution in [1.82, 2.24) is 9.55 Å². The van der Waals surface area contributed by atoms with Gasteiger partial charge in [-0.05, 0) is 31.5 Å². The van der Waals surface area contributed by atoms with E-state index in [-0.39, 0.29) is 0 Å². The SMILES string of the molecule is CC.CCc1ccc2c(cc(C)n2C)n1. The fraction of sp³-hybridized carbons (Fsp3) is 0.462. The van der Waals surface area contributed by atoms with Crippen molar-refractivity contribution in [1.29, 1.82) is 0 Å². The van der Waals surface area contributed by atoms with E-state index in [2.05, 4.69) is 48.6 Å². The molecule has 0 fully saturated rings. The molecule has 0 aliphatic heterocycles. The summed E-state index contributed by atoms with van der Waals surface area (Å²) in [6.07, 6.45) is 1.00. The van der Waals surface area contributed by atoms with Crippen molar-refractivity contribution in [3.8, 4) is 0 Å². The molecule has 2 rings (SSSR count). The second kappa shape index (κ2) is 4.96. The van der Waals surface area contributed by atoms with Crippen molar-refractivity contribution < 1.29 is 0 Å². The molecule has 0 aliphatic carbocycles. The van der Waals surface area contributed by atoms with E-state index in [0.717, 1.165) is 17.6 Å². The largest absolute Gasteiger partial charge is 0.347 e. The van der Waals surface area contributed by atoms with E-state index < -0.39 is 0 Å². The van der Waals surface area contributed by atoms with Gasteiger partial charge in [0.05, 0.1) is 11.0 Å². The van der Waals surface area contributed by atoms with Crippen LogP contribution in [0.1, 0.15) is 32.2 Å². The average molecular weight is 204 g/mol. The number of nitrogens with zero attached hydrogens (tertiary/aromatic N) is 2. The van der Waals surface area contributed by atoms with Crippen molar-refractivity contribution in [3.63, 3.8) is 0 Å². The molecule has 0 amide bonds. The van der Waals surface area contributed by atoms with E-state index in [9.17, 15) is 0 Å². The summed E-state index contributed by atoms with van der Waals surface area (Å²) in [6.45, 7) is 8.23. The molecule has 0 unspecified atom stereocenters. The second-order valence-corrected chi connectivity index (χ2v) is 3.41. The van der Waals surface area contributed by atoms with E-state index in [1.54, 1.807) is 0 Å². The van der Waals surface area contributed by atoms with Crippen molar-refractivity contribution in [3.05, 3.63) is 29.6 Å². The van der Waals surface area contributed by atoms with Crippen LogP contribution in [0.4, 0.5) is 0 Å². The maximum atomic E-state index is 4.55. The third kappa shape index (κ3) is 2.20. The number of hydrogen-bond donors (Lipinski definition) is 0. The fourth-order valence-corrected chi connectivity index (χ4v) is 1.58. The summed E-state index contributed by atoms with van der Waals surface area (Å²) in [4.78, 5) is 4.55. The summed E-state index contributed by atoms with van der Waals surface area (Å²) in [5, 5.41) is 0. The van der Waals surface area contributed by atoms with Crippen LogP contribution in [0.3, 0.4) is 0 Å². The maximum Gasteiger partial charge on any atom is 0.0886 e. The third-order valence-corrected chi connectivity index (χ3v) is 2.56. The Labute approximate surface area is 91.9 Å². The van der Waals surface area contributed by atoms with Gasteiger partial charge in [-0.3, -0.25) is 4.98 Å². The number of hydrogen-bond acceptors (Lipinski definition) is 1. The lowest BCUT2D eigenvalue weighted by Crippen LogP contribution is -1.90. The zero-order valence-corrected chi connectivity index (χ0v) is 10.3. The van der Waals surface area contributed by atoms with Gasteiger partial charge in [0.15, 0.2) is 0 Å². The van der Waals surface area contributed by atoms with E-state index in [1.807, 2.05) is 13.8 Å². The molecule has 0 saturated carbocycles. The Bertz CT molecular complexity index is 441. The highest BCUT2D eigenvalue weighted by Crippen LogP contribution is 2.16. The molecule has 0 aliphatic rings. The average Bonchev–Trinajstić information content (AvgIpc) is 2.57. The summed E-state index contributed by atoms with van der Waals surface area (Å²) in [7, 11) is 2.07. The predicted molar refractivity (Wildman–Crippen MR) is 66.2 cm³/mol. The van der Waals surface area contributed by atoms with Crippen LogP contribution in [0, 0.1) is 6.92 Å². The van der Waals surface area contributed by atoms with Gasteiger partial charge in [0.2, 0.25) is 0 Å². The number of pyridine rings is 1. The molecule has 0 bridgehead atoms. The quantitative estimate of drug-likeness (QED) is 0.695. The molecular formula is C13H20N2. The summed E-state index contributed by atoms with van der Waals surface area (Å²) in [5.41, 5.74) is 4.75. The van der Waals surface area contributed by atoms with Gasteiger partial charge in [0, 0.05) is 18.4 Å². The van der Waals surface area contributed by atoms with Gasteiger partial charge in [0.1, 0.15) is 0 Å². The van der Waals surface area contributed by atoms with Crippen LogP contribution in [-0.2, 0) is 13.5 Å². The highest BCUT2D eigenvalue weighted by atomic mass is 15.0. The van der Waals surface area contributed by atoms with Gasteiger partial charge in [0.25, 0.3) is 0 Å². The molecule has 15 heavy (non-hydrogen) atoms. The molecule has 0 N–H and O–H groups in total. The highest BCUT2D eigenvalue weighted by Gasteiger charge is 2.02. The number of rotatable bonds is 1. The molecule has 2 aromatic heterocycles. The smallest absolute Gasteiger partial charge is 0.0886 e. The number of aryl methyl sites for hydroxylation is 3. The third-order valence-electron chi connectivity index (χ3n) is 2.56. The lowest BCUT2D eigenvalue weighted by Gasteiger charge is -1.99. The highest BCUT2D eigenvalue weighted by molar-refractivity contribution is 5.77. The lowest BCUT2D eigenvalue weighted by molar-refractivity contribution is 0.916. The molecule has 0 saturated heterocycles. The maximum absolute atomic E-state index is 4.55. The van der Waals surface area contributed by atoms with Gasteiger partial charge < -0.3 is 4.57 Å². The van der Waals surface area contributed by atoms with Gasteiger partial charge in [-0.2, -0.15) is 0 Å². The van der Waals surface area contributed by atoms with Gasteiger partial charge >= 0.3 is 0 Å². The van der Waals surface area contributed by atoms with Gasteiger partial charge in [-0.25, -0.2) is 0 Å². The normalized spacial score (nSPS) is 9.93. The monoisotopic (exact) mass is 204 g/mol. The van der Waals surface area contributed by atoms with E-state index in [1.165, 1.54) is 11.2 Å². The van der Waals surface area contributed by atoms with Crippen molar-refractivity contribution in [2.24, 2.45) is 7.05 Å². The summed E-state index contributed by atoms with van der Waals surface area (Å²) in [6, 6.07) is 6.38. The van der Waals surface area contributed by atoms with E-state index in [4.69, 9.17) is 0 Å². The zero-order valence-electron chi connectivity index (χ0n) is 10.3. The van der Waals surface area contributed by atoms with Crippen LogP contribution in [-0.4, -0.2) is 9.55 Å². The topological polar surface area (TPSA) is 17.8 Å². The molecule has 82 valence electrons. The minimum atomic E-state index is 1.00. The Morgan fingerprint density at radius 3 is 2.53 bits per heavy atom. The first-order valence-corrected chi connectivity index (χ1v) is 5.64. The van der Waals surface area contributed by atoms with E-state index >= 15 is 0 Å². The standard InChI is InChI=1S/C11H14N2.C2H6/c1-4-9-5-6-11-10(12-9)7-8(2)13(11)3;1-2/h5-7H,4H2,1-3H3;1-2H3. The fourth-order valence-electron chi connectivity index (χ4n) is 1.58. The molecule has 0 spiro atoms. The molecule has 0 atom stereocenters. The lowest BCUT2D eigenvalue weighted by atomic mass is 10.2. The number of fused-ring (bicyclic) bond motifs is 1. The van der Waals surface area contributed by atoms with Gasteiger partial charge in [-0.15, -0.1) is 0 Å². The Morgan fingerprint density at radius 2 is 1.93 bits per heavy atom. The Hall–Kier alpha value is -1.31. The van der Waals surface area contributed by atoms with Crippen LogP contribution >= 0.6 is 0 Å². The molecule has 2 heterocycles.